The van der Waals surface area contributed by atoms with Gasteiger partial charge in [0.25, 0.3) is 0 Å². The van der Waals surface area contributed by atoms with Crippen LogP contribution in [0.25, 0.3) is 43.7 Å². The lowest BCUT2D eigenvalue weighted by Gasteiger charge is -2.14. The Kier molecular flexibility index (Phi) is 3.19. The summed E-state index contributed by atoms with van der Waals surface area (Å²) in [5.74, 6) is 0.313. The summed E-state index contributed by atoms with van der Waals surface area (Å²) in [5.41, 5.74) is 4.28. The number of pyridine rings is 1. The number of aromatic hydroxyl groups is 1. The Morgan fingerprint density at radius 1 is 0.577 bits per heavy atom. The van der Waals surface area contributed by atoms with Crippen molar-refractivity contribution in [1.29, 1.82) is 0 Å². The summed E-state index contributed by atoms with van der Waals surface area (Å²) in [6.07, 6.45) is 0. The Bertz CT molecular complexity index is 1250. The van der Waals surface area contributed by atoms with Crippen molar-refractivity contribution in [2.75, 3.05) is 0 Å². The number of hydrogen-bond donors (Lipinski definition) is 1. The van der Waals surface area contributed by atoms with Crippen LogP contribution in [-0.4, -0.2) is 5.11 Å². The van der Waals surface area contributed by atoms with Crippen molar-refractivity contribution in [2.45, 2.75) is 0 Å². The smallest absolute Gasteiger partial charge is 0.213 e. The fourth-order valence-corrected chi connectivity index (χ4v) is 4.02. The minimum Gasteiger partial charge on any atom is -0.507 e. The maximum Gasteiger partial charge on any atom is 0.213 e. The lowest BCUT2D eigenvalue weighted by molar-refractivity contribution is -0.617. The van der Waals surface area contributed by atoms with Crippen LogP contribution in [0.2, 0.25) is 0 Å². The Balaban J connectivity index is 2.09. The second kappa shape index (κ2) is 5.57. The first-order valence-corrected chi connectivity index (χ1v) is 8.76. The molecular weight excluding hydrogens is 318 g/mol. The standard InChI is InChI=1S/C24H17NO/c1-25-20-12-6-4-10-18(20)23(19-11-5-7-13-21(19)25)24-17-9-3-2-8-16(17)14-15-22(24)26/h2-15H,1H3/p+1. The van der Waals surface area contributed by atoms with E-state index in [-0.39, 0.29) is 0 Å². The van der Waals surface area contributed by atoms with E-state index >= 15 is 0 Å². The third kappa shape index (κ3) is 2.02. The summed E-state index contributed by atoms with van der Waals surface area (Å²) in [6.45, 7) is 0. The highest BCUT2D eigenvalue weighted by Gasteiger charge is 2.21. The summed E-state index contributed by atoms with van der Waals surface area (Å²) in [6, 6.07) is 28.8. The van der Waals surface area contributed by atoms with E-state index in [9.17, 15) is 5.11 Å². The lowest BCUT2D eigenvalue weighted by atomic mass is 9.91. The number of aromatic nitrogens is 1. The molecule has 5 rings (SSSR count). The van der Waals surface area contributed by atoms with Gasteiger partial charge < -0.3 is 5.11 Å². The van der Waals surface area contributed by atoms with Gasteiger partial charge in [-0.05, 0) is 29.0 Å². The molecule has 26 heavy (non-hydrogen) atoms. The third-order valence-corrected chi connectivity index (χ3v) is 5.23. The highest BCUT2D eigenvalue weighted by molar-refractivity contribution is 6.14. The minimum absolute atomic E-state index is 0.313. The van der Waals surface area contributed by atoms with Crippen LogP contribution >= 0.6 is 0 Å². The van der Waals surface area contributed by atoms with E-state index in [0.29, 0.717) is 5.75 Å². The van der Waals surface area contributed by atoms with E-state index in [0.717, 1.165) is 43.7 Å². The van der Waals surface area contributed by atoms with Gasteiger partial charge in [-0.25, -0.2) is 0 Å². The molecule has 1 heterocycles. The average molecular weight is 336 g/mol. The molecule has 0 aliphatic heterocycles. The molecule has 5 aromatic rings. The SMILES string of the molecule is C[n+]1c2ccccc2c(-c2c(O)ccc3ccccc23)c2ccccc21. The summed E-state index contributed by atoms with van der Waals surface area (Å²) >= 11 is 0. The molecule has 1 N–H and O–H groups in total. The fraction of sp³-hybridized carbons (Fsp3) is 0.0417. The number of fused-ring (bicyclic) bond motifs is 3. The van der Waals surface area contributed by atoms with Crippen molar-refractivity contribution in [3.8, 4) is 16.9 Å². The number of phenolic OH excluding ortho intramolecular Hbond substituents is 1. The second-order valence-corrected chi connectivity index (χ2v) is 6.65. The summed E-state index contributed by atoms with van der Waals surface area (Å²) in [7, 11) is 2.09. The monoisotopic (exact) mass is 336 g/mol. The second-order valence-electron chi connectivity index (χ2n) is 6.65. The van der Waals surface area contributed by atoms with Crippen molar-refractivity contribution >= 4 is 32.6 Å². The summed E-state index contributed by atoms with van der Waals surface area (Å²) in [5, 5.41) is 15.3. The zero-order valence-electron chi connectivity index (χ0n) is 14.5. The first kappa shape index (κ1) is 14.9. The van der Waals surface area contributed by atoms with E-state index in [4.69, 9.17) is 0 Å². The van der Waals surface area contributed by atoms with Crippen molar-refractivity contribution in [3.63, 3.8) is 0 Å². The number of para-hydroxylation sites is 2. The Labute approximate surface area is 151 Å². The molecule has 0 spiro atoms. The zero-order valence-corrected chi connectivity index (χ0v) is 14.5. The van der Waals surface area contributed by atoms with Crippen LogP contribution < -0.4 is 4.57 Å². The molecular formula is C24H18NO+. The average Bonchev–Trinajstić information content (AvgIpc) is 2.70. The van der Waals surface area contributed by atoms with E-state index in [1.54, 1.807) is 6.07 Å². The number of benzene rings is 4. The molecule has 2 heteroatoms. The molecule has 4 aromatic carbocycles. The first-order chi connectivity index (χ1) is 12.8. The van der Waals surface area contributed by atoms with Gasteiger partial charge in [0.1, 0.15) is 12.8 Å². The van der Waals surface area contributed by atoms with Gasteiger partial charge >= 0.3 is 0 Å². The molecule has 0 amide bonds. The van der Waals surface area contributed by atoms with Gasteiger partial charge in [-0.2, -0.15) is 4.57 Å². The number of rotatable bonds is 1. The molecule has 0 radical (unpaired) electrons. The van der Waals surface area contributed by atoms with Crippen LogP contribution in [0.3, 0.4) is 0 Å². The summed E-state index contributed by atoms with van der Waals surface area (Å²) in [4.78, 5) is 0. The fourth-order valence-electron chi connectivity index (χ4n) is 4.02. The molecule has 0 fully saturated rings. The van der Waals surface area contributed by atoms with Crippen molar-refractivity contribution in [3.05, 3.63) is 84.9 Å². The molecule has 0 atom stereocenters. The van der Waals surface area contributed by atoms with Gasteiger partial charge in [0.05, 0.1) is 10.8 Å². The van der Waals surface area contributed by atoms with E-state index in [2.05, 4.69) is 72.3 Å². The van der Waals surface area contributed by atoms with E-state index < -0.39 is 0 Å². The van der Waals surface area contributed by atoms with Gasteiger partial charge in [-0.1, -0.05) is 54.6 Å². The number of aryl methyl sites for hydroxylation is 1. The van der Waals surface area contributed by atoms with Gasteiger partial charge in [0.15, 0.2) is 0 Å². The summed E-state index contributed by atoms with van der Waals surface area (Å²) < 4.78 is 2.22. The molecule has 0 bridgehead atoms. The quantitative estimate of drug-likeness (QED) is 0.324. The van der Waals surface area contributed by atoms with Crippen molar-refractivity contribution in [1.82, 2.24) is 0 Å². The van der Waals surface area contributed by atoms with Crippen molar-refractivity contribution < 1.29 is 9.67 Å². The normalized spacial score (nSPS) is 11.4. The topological polar surface area (TPSA) is 24.1 Å². The van der Waals surface area contributed by atoms with E-state index in [1.807, 2.05) is 18.2 Å². The third-order valence-electron chi connectivity index (χ3n) is 5.23. The minimum atomic E-state index is 0.313. The van der Waals surface area contributed by atoms with Crippen LogP contribution in [0.15, 0.2) is 84.9 Å². The molecule has 0 saturated heterocycles. The maximum atomic E-state index is 10.8. The lowest BCUT2D eigenvalue weighted by Crippen LogP contribution is -2.30. The maximum absolute atomic E-state index is 10.8. The Morgan fingerprint density at radius 2 is 1.12 bits per heavy atom. The molecule has 0 aliphatic carbocycles. The molecule has 124 valence electrons. The highest BCUT2D eigenvalue weighted by atomic mass is 16.3. The molecule has 0 aliphatic rings. The molecule has 2 nitrogen and oxygen atoms in total. The predicted octanol–water partition coefficient (Wildman–Crippen LogP) is 5.34. The van der Waals surface area contributed by atoms with Crippen LogP contribution in [0, 0.1) is 0 Å². The van der Waals surface area contributed by atoms with Gasteiger partial charge in [0, 0.05) is 23.3 Å². The van der Waals surface area contributed by atoms with Gasteiger partial charge in [-0.3, -0.25) is 0 Å². The Morgan fingerprint density at radius 3 is 1.77 bits per heavy atom. The first-order valence-electron chi connectivity index (χ1n) is 8.76. The molecule has 0 unspecified atom stereocenters. The van der Waals surface area contributed by atoms with Crippen LogP contribution in [0.5, 0.6) is 5.75 Å². The number of hydrogen-bond acceptors (Lipinski definition) is 1. The zero-order chi connectivity index (χ0) is 17.7. The molecule has 1 aromatic heterocycles. The van der Waals surface area contributed by atoms with Crippen LogP contribution in [-0.2, 0) is 7.05 Å². The van der Waals surface area contributed by atoms with E-state index in [1.165, 1.54) is 0 Å². The van der Waals surface area contributed by atoms with Crippen molar-refractivity contribution in [2.24, 2.45) is 7.05 Å². The highest BCUT2D eigenvalue weighted by Crippen LogP contribution is 2.42. The van der Waals surface area contributed by atoms with Gasteiger partial charge in [0.2, 0.25) is 11.0 Å². The number of phenols is 1. The van der Waals surface area contributed by atoms with Gasteiger partial charge in [-0.15, -0.1) is 0 Å². The Hall–Kier alpha value is -3.39. The molecule has 0 saturated carbocycles. The largest absolute Gasteiger partial charge is 0.507 e. The number of nitrogens with zero attached hydrogens (tertiary/aromatic N) is 1. The van der Waals surface area contributed by atoms with Crippen LogP contribution in [0.1, 0.15) is 0 Å². The van der Waals surface area contributed by atoms with Crippen LogP contribution in [0.4, 0.5) is 0 Å². The predicted molar refractivity (Wildman–Crippen MR) is 107 cm³/mol.